The third-order valence-electron chi connectivity index (χ3n) is 11.5. The van der Waals surface area contributed by atoms with Crippen molar-refractivity contribution in [3.63, 3.8) is 0 Å². The SMILES string of the molecule is Cc1c(COc2cc(OCc3cncc(C#N)c3)c(CN3CCCC[C@H]3C(=O)O)cc2Cl)cccc1-c1cccc(OCCCN2CC3(CCCOC3)C2)c1C. The molecule has 1 atom stereocenters. The first-order chi connectivity index (χ1) is 27.2. The molecule has 0 amide bonds. The predicted octanol–water partition coefficient (Wildman–Crippen LogP) is 8.37. The lowest BCUT2D eigenvalue weighted by Gasteiger charge is -2.52. The van der Waals surface area contributed by atoms with Crippen LogP contribution in [0.25, 0.3) is 11.1 Å². The molecule has 3 aliphatic heterocycles. The molecule has 4 heterocycles. The van der Waals surface area contributed by atoms with E-state index in [9.17, 15) is 15.2 Å². The molecule has 3 aromatic carbocycles. The van der Waals surface area contributed by atoms with Crippen LogP contribution in [-0.2, 0) is 29.3 Å². The minimum Gasteiger partial charge on any atom is -0.493 e. The van der Waals surface area contributed by atoms with E-state index in [0.29, 0.717) is 53.6 Å². The number of carboxylic acid groups (broad SMARTS) is 1. The second kappa shape index (κ2) is 18.1. The van der Waals surface area contributed by atoms with Crippen LogP contribution < -0.4 is 14.2 Å². The highest BCUT2D eigenvalue weighted by atomic mass is 35.5. The highest BCUT2D eigenvalue weighted by molar-refractivity contribution is 6.32. The Kier molecular flexibility index (Phi) is 12.8. The quantitative estimate of drug-likeness (QED) is 0.118. The Bertz CT molecular complexity index is 2050. The number of carbonyl (C=O) groups is 1. The van der Waals surface area contributed by atoms with Gasteiger partial charge in [-0.1, -0.05) is 48.4 Å². The Morgan fingerprint density at radius 3 is 2.55 bits per heavy atom. The van der Waals surface area contributed by atoms with E-state index in [1.54, 1.807) is 18.3 Å². The van der Waals surface area contributed by atoms with Crippen molar-refractivity contribution in [1.29, 1.82) is 5.26 Å². The average Bonchev–Trinajstić information content (AvgIpc) is 3.19. The summed E-state index contributed by atoms with van der Waals surface area (Å²) >= 11 is 6.88. The number of piperidine rings is 1. The van der Waals surface area contributed by atoms with Crippen LogP contribution in [0.15, 0.2) is 67.0 Å². The van der Waals surface area contributed by atoms with Crippen LogP contribution in [-0.4, -0.2) is 77.9 Å². The zero-order valence-electron chi connectivity index (χ0n) is 32.4. The summed E-state index contributed by atoms with van der Waals surface area (Å²) in [5.74, 6) is 1.07. The topological polar surface area (TPSA) is 117 Å². The lowest BCUT2D eigenvalue weighted by molar-refractivity contribution is -0.144. The first-order valence-electron chi connectivity index (χ1n) is 19.7. The molecular weight excluding hydrogens is 728 g/mol. The van der Waals surface area contributed by atoms with Gasteiger partial charge in [-0.15, -0.1) is 0 Å². The number of nitrogens with zero attached hydrogens (tertiary/aromatic N) is 4. The number of pyridine rings is 1. The summed E-state index contributed by atoms with van der Waals surface area (Å²) in [6.07, 6.45) is 9.01. The van der Waals surface area contributed by atoms with E-state index in [4.69, 9.17) is 30.5 Å². The molecule has 3 fully saturated rings. The fraction of sp³-hybridized carbons (Fsp3) is 0.444. The van der Waals surface area contributed by atoms with Crippen LogP contribution in [0, 0.1) is 30.6 Å². The van der Waals surface area contributed by atoms with Crippen LogP contribution in [0.5, 0.6) is 17.2 Å². The molecule has 0 aliphatic carbocycles. The van der Waals surface area contributed by atoms with Gasteiger partial charge in [0.05, 0.1) is 23.8 Å². The summed E-state index contributed by atoms with van der Waals surface area (Å²) in [7, 11) is 0. The monoisotopic (exact) mass is 778 g/mol. The van der Waals surface area contributed by atoms with Crippen LogP contribution in [0.3, 0.4) is 0 Å². The van der Waals surface area contributed by atoms with E-state index >= 15 is 0 Å². The van der Waals surface area contributed by atoms with Gasteiger partial charge in [0.2, 0.25) is 0 Å². The van der Waals surface area contributed by atoms with Gasteiger partial charge in [-0.3, -0.25) is 14.7 Å². The largest absolute Gasteiger partial charge is 0.493 e. The Morgan fingerprint density at radius 1 is 0.964 bits per heavy atom. The maximum absolute atomic E-state index is 12.1. The van der Waals surface area contributed by atoms with Crippen molar-refractivity contribution in [2.24, 2.45) is 5.41 Å². The molecule has 294 valence electrons. The summed E-state index contributed by atoms with van der Waals surface area (Å²) in [6, 6.07) is 19.4. The van der Waals surface area contributed by atoms with Crippen LogP contribution >= 0.6 is 11.6 Å². The number of benzene rings is 3. The van der Waals surface area contributed by atoms with E-state index in [1.807, 2.05) is 23.1 Å². The fourth-order valence-electron chi connectivity index (χ4n) is 8.45. The summed E-state index contributed by atoms with van der Waals surface area (Å²) in [6.45, 7) is 11.5. The number of rotatable bonds is 15. The third-order valence-corrected chi connectivity index (χ3v) is 11.8. The summed E-state index contributed by atoms with van der Waals surface area (Å²) < 4.78 is 24.8. The number of aliphatic carboxylic acids is 1. The van der Waals surface area contributed by atoms with Gasteiger partial charge in [0.15, 0.2) is 0 Å². The first-order valence-corrected chi connectivity index (χ1v) is 20.1. The molecule has 3 saturated heterocycles. The van der Waals surface area contributed by atoms with E-state index in [2.05, 4.69) is 54.1 Å². The third kappa shape index (κ3) is 9.30. The van der Waals surface area contributed by atoms with Crippen LogP contribution in [0.4, 0.5) is 0 Å². The highest BCUT2D eigenvalue weighted by Gasteiger charge is 2.43. The molecule has 4 aromatic rings. The molecule has 0 bridgehead atoms. The summed E-state index contributed by atoms with van der Waals surface area (Å²) in [5, 5.41) is 19.7. The number of ether oxygens (including phenoxy) is 4. The molecular formula is C45H51ClN4O6. The summed E-state index contributed by atoms with van der Waals surface area (Å²) in [5.41, 5.74) is 7.79. The van der Waals surface area contributed by atoms with Gasteiger partial charge in [0.1, 0.15) is 42.6 Å². The molecule has 0 saturated carbocycles. The van der Waals surface area contributed by atoms with Crippen molar-refractivity contribution in [2.75, 3.05) is 46.0 Å². The van der Waals surface area contributed by atoms with E-state index < -0.39 is 12.0 Å². The molecule has 1 N–H and O–H groups in total. The predicted molar refractivity (Wildman–Crippen MR) is 215 cm³/mol. The molecule has 10 nitrogen and oxygen atoms in total. The molecule has 0 unspecified atom stereocenters. The number of carboxylic acids is 1. The van der Waals surface area contributed by atoms with Gasteiger partial charge in [0, 0.05) is 67.8 Å². The number of hydrogen-bond donors (Lipinski definition) is 1. The minimum atomic E-state index is -0.828. The molecule has 56 heavy (non-hydrogen) atoms. The molecule has 1 aromatic heterocycles. The first kappa shape index (κ1) is 39.6. The van der Waals surface area contributed by atoms with E-state index in [0.717, 1.165) is 96.8 Å². The Morgan fingerprint density at radius 2 is 1.77 bits per heavy atom. The van der Waals surface area contributed by atoms with Crippen LogP contribution in [0.1, 0.15) is 71.9 Å². The van der Waals surface area contributed by atoms with Crippen LogP contribution in [0.2, 0.25) is 5.02 Å². The normalized spacial score (nSPS) is 18.2. The molecule has 0 radical (unpaired) electrons. The van der Waals surface area contributed by atoms with Gasteiger partial charge in [-0.25, -0.2) is 0 Å². The maximum atomic E-state index is 12.1. The van der Waals surface area contributed by atoms with E-state index in [-0.39, 0.29) is 13.2 Å². The second-order valence-electron chi connectivity index (χ2n) is 15.6. The zero-order valence-corrected chi connectivity index (χ0v) is 33.2. The van der Waals surface area contributed by atoms with Crippen molar-refractivity contribution in [3.8, 4) is 34.4 Å². The molecule has 7 rings (SSSR count). The maximum Gasteiger partial charge on any atom is 0.320 e. The standard InChI is InChI=1S/C45H51ClN4O6/c1-31-35(9-5-10-37(31)38-11-6-13-41(32(38)2)54-18-8-15-49-28-45(29-49)14-7-17-53-30-45)27-56-43-21-42(55-26-34-19-33(22-47)23-48-24-34)36(20-39(43)46)25-50-16-4-3-12-40(50)44(51)52/h5-6,9-11,13,19-21,23-24,40H,3-4,7-8,12,14-18,25-30H2,1-2H3,(H,51,52)/t40-/m0/s1. The van der Waals surface area contributed by atoms with Gasteiger partial charge < -0.3 is 29.0 Å². The van der Waals surface area contributed by atoms with Crippen molar-refractivity contribution in [3.05, 3.63) is 105 Å². The van der Waals surface area contributed by atoms with E-state index in [1.165, 1.54) is 19.0 Å². The average molecular weight is 779 g/mol. The van der Waals surface area contributed by atoms with Crippen molar-refractivity contribution >= 4 is 17.6 Å². The summed E-state index contributed by atoms with van der Waals surface area (Å²) in [4.78, 5) is 20.7. The Hall–Kier alpha value is -4.66. The smallest absolute Gasteiger partial charge is 0.320 e. The van der Waals surface area contributed by atoms with Crippen molar-refractivity contribution in [1.82, 2.24) is 14.8 Å². The number of halogens is 1. The van der Waals surface area contributed by atoms with Gasteiger partial charge in [-0.05, 0) is 98.5 Å². The molecule has 3 aliphatic rings. The number of likely N-dealkylation sites (tertiary alicyclic amines) is 2. The zero-order chi connectivity index (χ0) is 39.1. The Labute approximate surface area is 334 Å². The lowest BCUT2D eigenvalue weighted by Crippen LogP contribution is -2.59. The van der Waals surface area contributed by atoms with Crippen molar-refractivity contribution in [2.45, 2.75) is 78.2 Å². The van der Waals surface area contributed by atoms with Gasteiger partial charge in [-0.2, -0.15) is 5.26 Å². The number of aromatic nitrogens is 1. The lowest BCUT2D eigenvalue weighted by atomic mass is 9.75. The number of nitriles is 1. The number of hydrogen-bond acceptors (Lipinski definition) is 9. The molecule has 1 spiro atoms. The van der Waals surface area contributed by atoms with Gasteiger partial charge in [0.25, 0.3) is 0 Å². The fourth-order valence-corrected chi connectivity index (χ4v) is 8.69. The van der Waals surface area contributed by atoms with Gasteiger partial charge >= 0.3 is 5.97 Å². The minimum absolute atomic E-state index is 0.164. The highest BCUT2D eigenvalue weighted by Crippen LogP contribution is 2.39. The Balaban J connectivity index is 1.03. The van der Waals surface area contributed by atoms with Crippen molar-refractivity contribution < 1.29 is 28.8 Å². The molecule has 11 heteroatoms. The second-order valence-corrected chi connectivity index (χ2v) is 16.0.